The van der Waals surface area contributed by atoms with Crippen molar-refractivity contribution in [3.63, 3.8) is 0 Å². The minimum absolute atomic E-state index is 0.219. The number of benzene rings is 2. The van der Waals surface area contributed by atoms with E-state index in [2.05, 4.69) is 10.5 Å². The number of aromatic nitrogens is 1. The van der Waals surface area contributed by atoms with Crippen molar-refractivity contribution in [1.82, 2.24) is 9.99 Å². The molecule has 132 valence electrons. The predicted octanol–water partition coefficient (Wildman–Crippen LogP) is 3.45. The molecule has 3 aromatic rings. The van der Waals surface area contributed by atoms with Crippen LogP contribution in [0.1, 0.15) is 16.1 Å². The molecule has 0 radical (unpaired) electrons. The molecule has 6 heteroatoms. The van der Waals surface area contributed by atoms with Crippen molar-refractivity contribution < 1.29 is 9.18 Å². The highest BCUT2D eigenvalue weighted by Gasteiger charge is 2.06. The van der Waals surface area contributed by atoms with Gasteiger partial charge in [-0.2, -0.15) is 5.10 Å². The minimum atomic E-state index is -0.464. The molecule has 1 amide bonds. The Morgan fingerprint density at radius 1 is 1.12 bits per heavy atom. The summed E-state index contributed by atoms with van der Waals surface area (Å²) in [6.07, 6.45) is 3.47. The zero-order chi connectivity index (χ0) is 18.5. The predicted molar refractivity (Wildman–Crippen MR) is 102 cm³/mol. The van der Waals surface area contributed by atoms with Crippen LogP contribution in [0, 0.1) is 5.82 Å². The van der Waals surface area contributed by atoms with E-state index >= 15 is 0 Å². The van der Waals surface area contributed by atoms with Crippen LogP contribution in [0.3, 0.4) is 0 Å². The molecule has 0 unspecified atom stereocenters. The maximum Gasteiger partial charge on any atom is 0.271 e. The van der Waals surface area contributed by atoms with Gasteiger partial charge in [0, 0.05) is 37.2 Å². The van der Waals surface area contributed by atoms with Gasteiger partial charge in [0.25, 0.3) is 5.91 Å². The molecule has 0 bridgehead atoms. The van der Waals surface area contributed by atoms with Crippen LogP contribution in [0.2, 0.25) is 0 Å². The Bertz CT molecular complexity index is 929. The van der Waals surface area contributed by atoms with Crippen molar-refractivity contribution >= 4 is 17.8 Å². The number of nitrogens with zero attached hydrogens (tertiary/aromatic N) is 3. The first-order valence-corrected chi connectivity index (χ1v) is 8.09. The molecule has 1 heterocycles. The lowest BCUT2D eigenvalue weighted by atomic mass is 10.2. The number of halogens is 1. The second kappa shape index (κ2) is 7.65. The molecule has 2 aromatic carbocycles. The van der Waals surface area contributed by atoms with Gasteiger partial charge in [0.1, 0.15) is 5.82 Å². The summed E-state index contributed by atoms with van der Waals surface area (Å²) in [5.74, 6) is -0.925. The summed E-state index contributed by atoms with van der Waals surface area (Å²) in [6, 6.07) is 17.3. The topological polar surface area (TPSA) is 49.6 Å². The number of rotatable bonds is 5. The van der Waals surface area contributed by atoms with Crippen LogP contribution >= 0.6 is 0 Å². The second-order valence-electron chi connectivity index (χ2n) is 5.92. The Kier molecular flexibility index (Phi) is 5.12. The van der Waals surface area contributed by atoms with Crippen LogP contribution in [0.15, 0.2) is 72.0 Å². The fourth-order valence-corrected chi connectivity index (χ4v) is 2.50. The molecule has 0 atom stereocenters. The third-order valence-corrected chi connectivity index (χ3v) is 3.87. The molecular formula is C20H19FN4O. The Morgan fingerprint density at radius 3 is 2.58 bits per heavy atom. The highest BCUT2D eigenvalue weighted by molar-refractivity contribution is 5.94. The van der Waals surface area contributed by atoms with Crippen molar-refractivity contribution in [3.05, 3.63) is 83.9 Å². The average molecular weight is 350 g/mol. The van der Waals surface area contributed by atoms with Gasteiger partial charge in [-0.05, 0) is 54.6 Å². The van der Waals surface area contributed by atoms with E-state index in [9.17, 15) is 9.18 Å². The highest BCUT2D eigenvalue weighted by atomic mass is 19.1. The number of nitrogens with one attached hydrogen (secondary N) is 1. The number of hydrogen-bond acceptors (Lipinski definition) is 3. The Balaban J connectivity index is 1.72. The lowest BCUT2D eigenvalue weighted by Gasteiger charge is -2.13. The molecule has 0 fully saturated rings. The summed E-state index contributed by atoms with van der Waals surface area (Å²) < 4.78 is 15.1. The van der Waals surface area contributed by atoms with Gasteiger partial charge in [-0.1, -0.05) is 6.07 Å². The molecule has 1 N–H and O–H groups in total. The van der Waals surface area contributed by atoms with E-state index in [-0.39, 0.29) is 5.56 Å². The monoisotopic (exact) mass is 350 g/mol. The zero-order valence-electron chi connectivity index (χ0n) is 14.6. The van der Waals surface area contributed by atoms with Gasteiger partial charge in [-0.25, -0.2) is 9.82 Å². The van der Waals surface area contributed by atoms with E-state index in [0.717, 1.165) is 17.1 Å². The summed E-state index contributed by atoms with van der Waals surface area (Å²) in [6.45, 7) is 0. The average Bonchev–Trinajstić information content (AvgIpc) is 3.10. The molecule has 3 rings (SSSR count). The molecule has 1 aromatic heterocycles. The van der Waals surface area contributed by atoms with Crippen molar-refractivity contribution in [1.29, 1.82) is 0 Å². The second-order valence-corrected chi connectivity index (χ2v) is 5.92. The maximum atomic E-state index is 13.2. The van der Waals surface area contributed by atoms with Crippen LogP contribution in [-0.2, 0) is 0 Å². The van der Waals surface area contributed by atoms with E-state index in [4.69, 9.17) is 0 Å². The van der Waals surface area contributed by atoms with Crippen LogP contribution < -0.4 is 10.3 Å². The van der Waals surface area contributed by atoms with Gasteiger partial charge in [-0.3, -0.25) is 4.79 Å². The molecule has 0 aliphatic carbocycles. The summed E-state index contributed by atoms with van der Waals surface area (Å²) in [4.78, 5) is 14.0. The third kappa shape index (κ3) is 3.97. The van der Waals surface area contributed by atoms with Gasteiger partial charge in [0.15, 0.2) is 0 Å². The van der Waals surface area contributed by atoms with Gasteiger partial charge >= 0.3 is 0 Å². The molecule has 0 saturated carbocycles. The number of carbonyl (C=O) groups excluding carboxylic acids is 1. The summed E-state index contributed by atoms with van der Waals surface area (Å²) in [5, 5.41) is 3.98. The largest absolute Gasteiger partial charge is 0.378 e. The molecule has 26 heavy (non-hydrogen) atoms. The van der Waals surface area contributed by atoms with Crippen molar-refractivity contribution in [3.8, 4) is 5.69 Å². The van der Waals surface area contributed by atoms with Crippen LogP contribution in [0.5, 0.6) is 0 Å². The summed E-state index contributed by atoms with van der Waals surface area (Å²) in [7, 11) is 3.98. The smallest absolute Gasteiger partial charge is 0.271 e. The third-order valence-electron chi connectivity index (χ3n) is 3.87. The summed E-state index contributed by atoms with van der Waals surface area (Å²) >= 11 is 0. The van der Waals surface area contributed by atoms with Crippen LogP contribution in [0.25, 0.3) is 5.69 Å². The molecular weight excluding hydrogens is 331 g/mol. The molecule has 0 aliphatic rings. The van der Waals surface area contributed by atoms with E-state index < -0.39 is 11.7 Å². The first-order valence-electron chi connectivity index (χ1n) is 8.09. The van der Waals surface area contributed by atoms with E-state index in [1.54, 1.807) is 6.21 Å². The molecule has 0 aliphatic heterocycles. The fraction of sp³-hybridized carbons (Fsp3) is 0.100. The Morgan fingerprint density at radius 2 is 1.88 bits per heavy atom. The first-order chi connectivity index (χ1) is 12.5. The highest BCUT2D eigenvalue weighted by Crippen LogP contribution is 2.17. The van der Waals surface area contributed by atoms with E-state index in [1.807, 2.05) is 66.2 Å². The zero-order valence-corrected chi connectivity index (χ0v) is 14.6. The molecule has 0 saturated heterocycles. The number of hydrogen-bond donors (Lipinski definition) is 1. The normalized spacial score (nSPS) is 10.9. The van der Waals surface area contributed by atoms with Crippen molar-refractivity contribution in [2.75, 3.05) is 19.0 Å². The standard InChI is InChI=1S/C20H19FN4O/c1-24(2)17-8-10-18(11-9-17)25-12-4-7-19(25)14-22-23-20(26)15-5-3-6-16(21)13-15/h3-14H,1-2H3,(H,23,26)/b22-14-. The number of amides is 1. The van der Waals surface area contributed by atoms with Gasteiger partial charge < -0.3 is 9.47 Å². The Hall–Kier alpha value is -3.41. The lowest BCUT2D eigenvalue weighted by Crippen LogP contribution is -2.18. The summed E-state index contributed by atoms with van der Waals surface area (Å²) in [5.41, 5.74) is 5.53. The van der Waals surface area contributed by atoms with Crippen molar-refractivity contribution in [2.45, 2.75) is 0 Å². The quantitative estimate of drug-likeness (QED) is 0.566. The number of hydrazone groups is 1. The van der Waals surface area contributed by atoms with E-state index in [0.29, 0.717) is 0 Å². The molecule has 0 spiro atoms. The van der Waals surface area contributed by atoms with Crippen LogP contribution in [-0.4, -0.2) is 30.8 Å². The Labute approximate surface area is 151 Å². The van der Waals surface area contributed by atoms with Crippen LogP contribution in [0.4, 0.5) is 10.1 Å². The minimum Gasteiger partial charge on any atom is -0.378 e. The fourth-order valence-electron chi connectivity index (χ4n) is 2.50. The number of anilines is 1. The van der Waals surface area contributed by atoms with Crippen molar-refractivity contribution in [2.24, 2.45) is 5.10 Å². The van der Waals surface area contributed by atoms with Gasteiger partial charge in [-0.15, -0.1) is 0 Å². The number of carbonyl (C=O) groups is 1. The first kappa shape index (κ1) is 17.4. The lowest BCUT2D eigenvalue weighted by molar-refractivity contribution is 0.0954. The van der Waals surface area contributed by atoms with E-state index in [1.165, 1.54) is 24.3 Å². The molecule has 5 nitrogen and oxygen atoms in total. The van der Waals surface area contributed by atoms with Gasteiger partial charge in [0.05, 0.1) is 11.9 Å². The van der Waals surface area contributed by atoms with Gasteiger partial charge in [0.2, 0.25) is 0 Å². The maximum absolute atomic E-state index is 13.2. The SMILES string of the molecule is CN(C)c1ccc(-n2cccc2/C=N\NC(=O)c2cccc(F)c2)cc1.